The van der Waals surface area contributed by atoms with Crippen molar-refractivity contribution in [3.8, 4) is 5.69 Å². The summed E-state index contributed by atoms with van der Waals surface area (Å²) in [6.07, 6.45) is 3.15. The molecule has 0 saturated heterocycles. The Morgan fingerprint density at radius 3 is 2.70 bits per heavy atom. The van der Waals surface area contributed by atoms with Crippen molar-refractivity contribution >= 4 is 33.7 Å². The van der Waals surface area contributed by atoms with Gasteiger partial charge in [-0.3, -0.25) is 4.79 Å². The van der Waals surface area contributed by atoms with Gasteiger partial charge in [0.2, 0.25) is 0 Å². The number of nitrogens with zero attached hydrogens (tertiary/aromatic N) is 5. The normalized spacial score (nSPS) is 12.5. The predicted octanol–water partition coefficient (Wildman–Crippen LogP) is 4.04. The molecule has 7 nitrogen and oxygen atoms in total. The maximum absolute atomic E-state index is 13.2. The van der Waals surface area contributed by atoms with Crippen LogP contribution in [-0.2, 0) is 0 Å². The number of benzene rings is 2. The summed E-state index contributed by atoms with van der Waals surface area (Å²) in [4.78, 5) is 28.6. The average molecular weight is 418 g/mol. The molecule has 0 fully saturated rings. The predicted molar refractivity (Wildman–Crippen MR) is 113 cm³/mol. The van der Waals surface area contributed by atoms with E-state index in [1.165, 1.54) is 30.2 Å². The van der Waals surface area contributed by atoms with E-state index in [1.54, 1.807) is 29.1 Å². The molecule has 0 radical (unpaired) electrons. The lowest BCUT2D eigenvalue weighted by atomic mass is 10.2. The van der Waals surface area contributed by atoms with Gasteiger partial charge in [0.1, 0.15) is 23.0 Å². The van der Waals surface area contributed by atoms with Crippen LogP contribution < -0.4 is 5.56 Å². The van der Waals surface area contributed by atoms with Crippen molar-refractivity contribution < 1.29 is 4.39 Å². The van der Waals surface area contributed by atoms with Crippen LogP contribution in [0.25, 0.3) is 27.6 Å². The first-order valence-corrected chi connectivity index (χ1v) is 10.1. The molecule has 1 unspecified atom stereocenters. The van der Waals surface area contributed by atoms with E-state index < -0.39 is 0 Å². The smallest absolute Gasteiger partial charge is 0.258 e. The Morgan fingerprint density at radius 2 is 1.87 bits per heavy atom. The molecule has 0 bridgehead atoms. The monoisotopic (exact) mass is 418 g/mol. The molecule has 0 amide bonds. The van der Waals surface area contributed by atoms with E-state index in [0.717, 1.165) is 10.4 Å². The molecule has 3 aromatic heterocycles. The maximum atomic E-state index is 13.2. The van der Waals surface area contributed by atoms with Crippen LogP contribution in [0.15, 0.2) is 70.9 Å². The van der Waals surface area contributed by atoms with Gasteiger partial charge in [-0.1, -0.05) is 23.9 Å². The third-order valence-electron chi connectivity index (χ3n) is 4.71. The van der Waals surface area contributed by atoms with Crippen LogP contribution in [0.4, 0.5) is 4.39 Å². The average Bonchev–Trinajstić information content (AvgIpc) is 3.19. The lowest BCUT2D eigenvalue weighted by molar-refractivity contribution is 0.627. The molecule has 5 aromatic rings. The number of aromatic amines is 1. The summed E-state index contributed by atoms with van der Waals surface area (Å²) in [5.74, 6) is 0.258. The molecule has 148 valence electrons. The molecule has 1 atom stereocenters. The second kappa shape index (κ2) is 7.34. The molecule has 0 saturated carbocycles. The first-order valence-electron chi connectivity index (χ1n) is 9.20. The van der Waals surface area contributed by atoms with Gasteiger partial charge in [0.05, 0.1) is 33.4 Å². The highest BCUT2D eigenvalue weighted by Crippen LogP contribution is 2.35. The van der Waals surface area contributed by atoms with Crippen molar-refractivity contribution in [2.45, 2.75) is 17.2 Å². The number of para-hydroxylation sites is 1. The van der Waals surface area contributed by atoms with E-state index in [9.17, 15) is 9.18 Å². The molecule has 1 N–H and O–H groups in total. The minimum atomic E-state index is -0.313. The van der Waals surface area contributed by atoms with Crippen molar-refractivity contribution in [1.82, 2.24) is 29.7 Å². The topological polar surface area (TPSA) is 89.3 Å². The maximum Gasteiger partial charge on any atom is 0.258 e. The number of halogens is 1. The highest BCUT2D eigenvalue weighted by molar-refractivity contribution is 7.99. The molecular weight excluding hydrogens is 403 g/mol. The van der Waals surface area contributed by atoms with Crippen molar-refractivity contribution in [3.63, 3.8) is 0 Å². The molecule has 0 spiro atoms. The first kappa shape index (κ1) is 18.4. The second-order valence-corrected chi connectivity index (χ2v) is 8.01. The Balaban J connectivity index is 1.51. The third kappa shape index (κ3) is 3.22. The van der Waals surface area contributed by atoms with Gasteiger partial charge in [-0.25, -0.2) is 24.0 Å². The van der Waals surface area contributed by atoms with Gasteiger partial charge in [-0.05, 0) is 43.3 Å². The van der Waals surface area contributed by atoms with Gasteiger partial charge in [-0.15, -0.1) is 0 Å². The first-order chi connectivity index (χ1) is 14.6. The third-order valence-corrected chi connectivity index (χ3v) is 5.83. The van der Waals surface area contributed by atoms with Crippen LogP contribution >= 0.6 is 11.8 Å². The van der Waals surface area contributed by atoms with Crippen molar-refractivity contribution in [1.29, 1.82) is 0 Å². The Labute approximate surface area is 174 Å². The molecule has 9 heteroatoms. The summed E-state index contributed by atoms with van der Waals surface area (Å²) in [5.41, 5.74) is 1.81. The second-order valence-electron chi connectivity index (χ2n) is 6.68. The molecule has 0 aliphatic rings. The fourth-order valence-electron chi connectivity index (χ4n) is 3.21. The number of fused-ring (bicyclic) bond motifs is 2. The van der Waals surface area contributed by atoms with E-state index in [-0.39, 0.29) is 16.6 Å². The van der Waals surface area contributed by atoms with Crippen molar-refractivity contribution in [3.05, 3.63) is 83.1 Å². The zero-order valence-electron chi connectivity index (χ0n) is 15.8. The zero-order chi connectivity index (χ0) is 20.7. The van der Waals surface area contributed by atoms with Gasteiger partial charge in [0.25, 0.3) is 5.56 Å². The summed E-state index contributed by atoms with van der Waals surface area (Å²) in [7, 11) is 0. The SMILES string of the molecule is CC(Sc1ncnc2c1cnn2-c1ccc(F)cc1)c1nc2ccccc2c(=O)[nH]1. The fraction of sp³-hybridized carbons (Fsp3) is 0.0952. The number of H-pyrrole nitrogens is 1. The van der Waals surface area contributed by atoms with Gasteiger partial charge >= 0.3 is 0 Å². The van der Waals surface area contributed by atoms with Crippen molar-refractivity contribution in [2.24, 2.45) is 0 Å². The zero-order valence-corrected chi connectivity index (χ0v) is 16.6. The Bertz CT molecular complexity index is 1430. The van der Waals surface area contributed by atoms with Crippen LogP contribution in [0.5, 0.6) is 0 Å². The minimum Gasteiger partial charge on any atom is -0.309 e. The molecule has 30 heavy (non-hydrogen) atoms. The molecule has 0 aliphatic heterocycles. The number of rotatable bonds is 4. The van der Waals surface area contributed by atoms with E-state index in [2.05, 4.69) is 25.0 Å². The number of thioether (sulfide) groups is 1. The van der Waals surface area contributed by atoms with E-state index in [0.29, 0.717) is 28.1 Å². The summed E-state index contributed by atoms with van der Waals surface area (Å²) in [6, 6.07) is 13.3. The summed E-state index contributed by atoms with van der Waals surface area (Å²) in [6.45, 7) is 1.95. The van der Waals surface area contributed by atoms with Gasteiger partial charge in [0, 0.05) is 0 Å². The standard InChI is InChI=1S/C21H15FN6OS/c1-12(18-26-17-5-3-2-4-15(17)20(29)27-18)30-21-16-10-25-28(19(16)23-11-24-21)14-8-6-13(22)7-9-14/h2-12H,1H3,(H,26,27,29). The highest BCUT2D eigenvalue weighted by atomic mass is 32.2. The minimum absolute atomic E-state index is 0.158. The van der Waals surface area contributed by atoms with E-state index in [4.69, 9.17) is 0 Å². The molecule has 0 aliphatic carbocycles. The van der Waals surface area contributed by atoms with Gasteiger partial charge in [0.15, 0.2) is 5.65 Å². The number of hydrogen-bond donors (Lipinski definition) is 1. The summed E-state index contributed by atoms with van der Waals surface area (Å²) >= 11 is 1.46. The molecular formula is C21H15FN6OS. The summed E-state index contributed by atoms with van der Waals surface area (Å²) < 4.78 is 14.9. The summed E-state index contributed by atoms with van der Waals surface area (Å²) in [5, 5.41) is 6.28. The van der Waals surface area contributed by atoms with E-state index >= 15 is 0 Å². The number of nitrogens with one attached hydrogen (secondary N) is 1. The van der Waals surface area contributed by atoms with Crippen molar-refractivity contribution in [2.75, 3.05) is 0 Å². The molecule has 3 heterocycles. The molecule has 2 aromatic carbocycles. The number of hydrogen-bond acceptors (Lipinski definition) is 6. The van der Waals surface area contributed by atoms with Crippen LogP contribution in [0, 0.1) is 5.82 Å². The van der Waals surface area contributed by atoms with Gasteiger partial charge in [-0.2, -0.15) is 5.10 Å². The van der Waals surface area contributed by atoms with Crippen LogP contribution in [0.2, 0.25) is 0 Å². The Hall–Kier alpha value is -3.59. The highest BCUT2D eigenvalue weighted by Gasteiger charge is 2.17. The molecule has 5 rings (SSSR count). The largest absolute Gasteiger partial charge is 0.309 e. The Morgan fingerprint density at radius 1 is 1.07 bits per heavy atom. The van der Waals surface area contributed by atoms with E-state index in [1.807, 2.05) is 25.1 Å². The Kier molecular flexibility index (Phi) is 4.51. The van der Waals surface area contributed by atoms with Crippen LogP contribution in [0.3, 0.4) is 0 Å². The fourth-order valence-corrected chi connectivity index (χ4v) is 4.15. The van der Waals surface area contributed by atoms with Crippen LogP contribution in [0.1, 0.15) is 18.0 Å². The lowest BCUT2D eigenvalue weighted by Gasteiger charge is -2.11. The number of aromatic nitrogens is 6. The lowest BCUT2D eigenvalue weighted by Crippen LogP contribution is -2.12. The van der Waals surface area contributed by atoms with Crippen LogP contribution in [-0.4, -0.2) is 29.7 Å². The van der Waals surface area contributed by atoms with Gasteiger partial charge < -0.3 is 4.98 Å². The quantitative estimate of drug-likeness (QED) is 0.350.